The molecule has 1 unspecified atom stereocenters. The third-order valence-corrected chi connectivity index (χ3v) is 10.8. The fourth-order valence-corrected chi connectivity index (χ4v) is 7.64. The number of hydrogen-bond acceptors (Lipinski definition) is 13. The Hall–Kier alpha value is -5.88. The van der Waals surface area contributed by atoms with Crippen LogP contribution in [0.15, 0.2) is 48.5 Å². The number of carbonyl (C=O) groups excluding carboxylic acids is 2. The van der Waals surface area contributed by atoms with E-state index < -0.39 is 17.6 Å². The van der Waals surface area contributed by atoms with Gasteiger partial charge >= 0.3 is 11.9 Å². The second-order valence-electron chi connectivity index (χ2n) is 14.1. The number of ether oxygens (including phenoxy) is 3. The van der Waals surface area contributed by atoms with Crippen molar-refractivity contribution in [3.63, 3.8) is 0 Å². The van der Waals surface area contributed by atoms with E-state index in [4.69, 9.17) is 15.2 Å². The van der Waals surface area contributed by atoms with Crippen molar-refractivity contribution in [3.8, 4) is 0 Å². The first-order chi connectivity index (χ1) is 28.7. The maximum Gasteiger partial charge on any atom is 0.325 e. The molecule has 0 spiro atoms. The lowest BCUT2D eigenvalue weighted by molar-refractivity contribution is -0.139. The Morgan fingerprint density at radius 2 is 1.49 bits per heavy atom. The summed E-state index contributed by atoms with van der Waals surface area (Å²) in [6, 6.07) is 14.9. The number of halogens is 3. The topological polar surface area (TPSA) is 196 Å². The van der Waals surface area contributed by atoms with Crippen molar-refractivity contribution < 1.29 is 32.6 Å². The first-order valence-corrected chi connectivity index (χ1v) is 20.5. The van der Waals surface area contributed by atoms with E-state index in [1.165, 1.54) is 48.6 Å². The molecule has 59 heavy (non-hydrogen) atoms. The second kappa shape index (κ2) is 18.8. The molecule has 0 bridgehead atoms. The molecule has 2 aromatic carbocycles. The van der Waals surface area contributed by atoms with Crippen LogP contribution in [-0.2, 0) is 49.5 Å². The van der Waals surface area contributed by atoms with Gasteiger partial charge in [-0.3, -0.25) is 14.7 Å². The second-order valence-corrected chi connectivity index (χ2v) is 14.7. The number of anilines is 6. The SMILES string of the molecule is COC(=O)CBr.COC(=O)CNc1nn(C2CCCCO2)c2nc(Nc3cccc4c3CCC4)c(F)cc12.Nc1[nH]nc2nc(Nc3cccc4c3CCC4)c(F)cc12. The lowest BCUT2D eigenvalue weighted by Crippen LogP contribution is -2.20. The molecule has 6 N–H and O–H groups in total. The molecule has 15 nitrogen and oxygen atoms in total. The third-order valence-electron chi connectivity index (χ3n) is 10.4. The predicted molar refractivity (Wildman–Crippen MR) is 224 cm³/mol. The monoisotopic (exact) mass is 874 g/mol. The van der Waals surface area contributed by atoms with Gasteiger partial charge in [0.15, 0.2) is 46.6 Å². The normalized spacial score (nSPS) is 15.3. The number of benzene rings is 2. The highest BCUT2D eigenvalue weighted by atomic mass is 79.9. The highest BCUT2D eigenvalue weighted by Crippen LogP contribution is 2.35. The van der Waals surface area contributed by atoms with Crippen LogP contribution in [0.5, 0.6) is 0 Å². The summed E-state index contributed by atoms with van der Waals surface area (Å²) in [4.78, 5) is 30.3. The number of H-pyrrole nitrogens is 1. The van der Waals surface area contributed by atoms with Crippen LogP contribution < -0.4 is 21.7 Å². The highest BCUT2D eigenvalue weighted by molar-refractivity contribution is 9.09. The van der Waals surface area contributed by atoms with Gasteiger partial charge in [-0.2, -0.15) is 10.2 Å². The molecule has 1 atom stereocenters. The van der Waals surface area contributed by atoms with Crippen LogP contribution in [-0.4, -0.2) is 74.6 Å². The first-order valence-electron chi connectivity index (χ1n) is 19.4. The third kappa shape index (κ3) is 9.38. The van der Waals surface area contributed by atoms with E-state index in [1.54, 1.807) is 4.68 Å². The molecule has 0 amide bonds. The number of fused-ring (bicyclic) bond motifs is 4. The molecule has 6 aromatic rings. The molecule has 5 heterocycles. The van der Waals surface area contributed by atoms with Crippen molar-refractivity contribution in [2.24, 2.45) is 0 Å². The van der Waals surface area contributed by atoms with Gasteiger partial charge in [-0.25, -0.2) is 23.4 Å². The average molecular weight is 876 g/mol. The number of nitrogens with two attached hydrogens (primary N) is 1. The highest BCUT2D eigenvalue weighted by Gasteiger charge is 2.25. The van der Waals surface area contributed by atoms with E-state index >= 15 is 4.39 Å². The van der Waals surface area contributed by atoms with Crippen LogP contribution >= 0.6 is 15.9 Å². The van der Waals surface area contributed by atoms with Crippen molar-refractivity contribution in [2.75, 3.05) is 54.4 Å². The van der Waals surface area contributed by atoms with Crippen molar-refractivity contribution in [1.29, 1.82) is 0 Å². The number of esters is 2. The van der Waals surface area contributed by atoms with Crippen molar-refractivity contribution in [1.82, 2.24) is 29.9 Å². The van der Waals surface area contributed by atoms with Crippen molar-refractivity contribution in [2.45, 2.75) is 64.0 Å². The van der Waals surface area contributed by atoms with E-state index in [2.05, 4.69) is 74.0 Å². The standard InChI is InChI=1S/C23H26FN5O3.C15H14FN5.C3H5BrO2/c1-31-20(30)13-25-21-16-12-17(24)22(26-18-9-5-7-14-6-4-8-15(14)18)27-23(16)29(28-21)19-10-2-3-11-32-19;16-11-7-10-13(17)20-21-14(10)19-15(11)18-12-6-2-4-8-3-1-5-9(8)12;1-6-3(5)2-4/h5,7,9,12,19H,2-4,6,8,10-11,13H2,1H3,(H,25,28)(H,26,27);2,4,6-7H,1,3,5H2,(H4,17,18,19,20,21);2H2,1H3. The van der Waals surface area contributed by atoms with Crippen molar-refractivity contribution >= 4 is 84.6 Å². The summed E-state index contributed by atoms with van der Waals surface area (Å²) < 4.78 is 45.8. The largest absolute Gasteiger partial charge is 0.468 e. The summed E-state index contributed by atoms with van der Waals surface area (Å²) in [7, 11) is 2.67. The molecule has 1 fully saturated rings. The number of hydrogen-bond donors (Lipinski definition) is 5. The zero-order chi connectivity index (χ0) is 41.5. The lowest BCUT2D eigenvalue weighted by Gasteiger charge is -2.23. The molecule has 4 aromatic heterocycles. The number of pyridine rings is 2. The van der Waals surface area contributed by atoms with E-state index in [9.17, 15) is 14.0 Å². The van der Waals surface area contributed by atoms with Gasteiger partial charge in [0.25, 0.3) is 0 Å². The van der Waals surface area contributed by atoms with Crippen LogP contribution in [0.2, 0.25) is 0 Å². The van der Waals surface area contributed by atoms with Gasteiger partial charge in [0, 0.05) is 18.0 Å². The molecular weight excluding hydrogens is 830 g/mol. The molecule has 2 aliphatic carbocycles. The first kappa shape index (κ1) is 41.3. The fourth-order valence-electron chi connectivity index (χ4n) is 7.41. The number of rotatable bonds is 9. The van der Waals surface area contributed by atoms with Gasteiger partial charge < -0.3 is 35.9 Å². The number of aryl methyl sites for hydroxylation is 2. The maximum atomic E-state index is 15.1. The van der Waals surface area contributed by atoms with E-state index in [-0.39, 0.29) is 35.7 Å². The van der Waals surface area contributed by atoms with Gasteiger partial charge in [0.2, 0.25) is 0 Å². The van der Waals surface area contributed by atoms with Crippen LogP contribution in [0.3, 0.4) is 0 Å². The number of nitrogens with zero attached hydrogens (tertiary/aromatic N) is 5. The van der Waals surface area contributed by atoms with E-state index in [0.29, 0.717) is 40.3 Å². The molecule has 0 saturated carbocycles. The summed E-state index contributed by atoms with van der Waals surface area (Å²) in [6.07, 6.45) is 8.86. The Labute approximate surface area is 346 Å². The molecule has 18 heteroatoms. The minimum atomic E-state index is -0.488. The van der Waals surface area contributed by atoms with Crippen LogP contribution in [0, 0.1) is 11.6 Å². The molecular formula is C41H45BrF2N10O5. The Morgan fingerprint density at radius 3 is 2.07 bits per heavy atom. The Morgan fingerprint density at radius 1 is 0.864 bits per heavy atom. The summed E-state index contributed by atoms with van der Waals surface area (Å²) in [5.74, 6) is -0.587. The van der Waals surface area contributed by atoms with Gasteiger partial charge in [0.05, 0.1) is 25.0 Å². The maximum absolute atomic E-state index is 15.1. The lowest BCUT2D eigenvalue weighted by atomic mass is 10.1. The predicted octanol–water partition coefficient (Wildman–Crippen LogP) is 7.55. The number of alkyl halides is 1. The Kier molecular flexibility index (Phi) is 13.2. The molecule has 310 valence electrons. The molecule has 1 aliphatic heterocycles. The molecule has 0 radical (unpaired) electrons. The summed E-state index contributed by atoms with van der Waals surface area (Å²) in [6.45, 7) is 0.561. The number of aromatic amines is 1. The van der Waals surface area contributed by atoms with E-state index in [1.807, 2.05) is 24.3 Å². The molecule has 3 aliphatic rings. The van der Waals surface area contributed by atoms with Gasteiger partial charge in [0.1, 0.15) is 17.7 Å². The summed E-state index contributed by atoms with van der Waals surface area (Å²) in [5.41, 5.74) is 13.5. The van der Waals surface area contributed by atoms with Gasteiger partial charge in [-0.15, -0.1) is 0 Å². The number of carbonyl (C=O) groups is 2. The fraction of sp³-hybridized carbons (Fsp3) is 0.366. The Bertz CT molecular complexity index is 2470. The zero-order valence-corrected chi connectivity index (χ0v) is 34.3. The zero-order valence-electron chi connectivity index (χ0n) is 32.7. The summed E-state index contributed by atoms with van der Waals surface area (Å²) >= 11 is 2.90. The minimum absolute atomic E-state index is 0.0775. The van der Waals surface area contributed by atoms with Gasteiger partial charge in [-0.05, 0) is 104 Å². The smallest absolute Gasteiger partial charge is 0.325 e. The van der Waals surface area contributed by atoms with E-state index in [0.717, 1.165) is 69.2 Å². The quantitative estimate of drug-likeness (QED) is 0.0706. The Balaban J connectivity index is 0.000000167. The number of aromatic nitrogens is 6. The molecule has 1 saturated heterocycles. The molecule has 9 rings (SSSR count). The summed E-state index contributed by atoms with van der Waals surface area (Å²) in [5, 5.41) is 21.7. The average Bonchev–Trinajstić information content (AvgIpc) is 4.08. The number of nitrogen functional groups attached to an aromatic ring is 1. The van der Waals surface area contributed by atoms with Crippen LogP contribution in [0.1, 0.15) is 60.6 Å². The number of nitrogens with one attached hydrogen (secondary N) is 4. The van der Waals surface area contributed by atoms with Crippen LogP contribution in [0.4, 0.5) is 43.4 Å². The van der Waals surface area contributed by atoms with Gasteiger partial charge in [-0.1, -0.05) is 40.2 Å². The minimum Gasteiger partial charge on any atom is -0.468 e. The number of methoxy groups -OCH3 is 2. The van der Waals surface area contributed by atoms with Crippen molar-refractivity contribution in [3.05, 3.63) is 82.4 Å². The van der Waals surface area contributed by atoms with Crippen LogP contribution in [0.25, 0.3) is 22.1 Å².